The number of rotatable bonds is 8. The summed E-state index contributed by atoms with van der Waals surface area (Å²) in [5.41, 5.74) is 1.93. The first-order chi connectivity index (χ1) is 11.1. The molecule has 0 aliphatic rings. The predicted octanol–water partition coefficient (Wildman–Crippen LogP) is 1.46. The van der Waals surface area contributed by atoms with E-state index < -0.39 is 0 Å². The Kier molecular flexibility index (Phi) is 6.17. The number of anilines is 1. The average molecular weight is 316 g/mol. The Morgan fingerprint density at radius 3 is 2.65 bits per heavy atom. The maximum Gasteiger partial charge on any atom is 0.224 e. The van der Waals surface area contributed by atoms with Crippen LogP contribution >= 0.6 is 0 Å². The molecule has 3 N–H and O–H groups in total. The normalized spacial score (nSPS) is 12.0. The van der Waals surface area contributed by atoms with Gasteiger partial charge in [-0.25, -0.2) is 4.98 Å². The highest BCUT2D eigenvalue weighted by Crippen LogP contribution is 2.11. The van der Waals surface area contributed by atoms with E-state index in [-0.39, 0.29) is 18.6 Å². The molecule has 1 atom stereocenters. The zero-order chi connectivity index (χ0) is 16.7. The van der Waals surface area contributed by atoms with Gasteiger partial charge in [-0.2, -0.15) is 0 Å². The fourth-order valence-electron chi connectivity index (χ4n) is 2.23. The standard InChI is InChI=1S/C17H24N4O2/c1-3-14(12-22)20-17(23)10-13-4-6-15(7-5-13)19-11-16-18-8-9-21(16)2/h4-9,14,19,22H,3,10-12H2,1-2H3,(H,20,23). The molecule has 0 saturated carbocycles. The molecule has 0 aliphatic carbocycles. The Hall–Kier alpha value is -2.34. The first-order valence-corrected chi connectivity index (χ1v) is 7.81. The van der Waals surface area contributed by atoms with Gasteiger partial charge in [0.15, 0.2) is 0 Å². The molecule has 2 aromatic rings. The molecule has 6 nitrogen and oxygen atoms in total. The summed E-state index contributed by atoms with van der Waals surface area (Å²) in [5, 5.41) is 15.2. The summed E-state index contributed by atoms with van der Waals surface area (Å²) in [7, 11) is 1.96. The molecule has 0 spiro atoms. The van der Waals surface area contributed by atoms with Crippen molar-refractivity contribution in [3.05, 3.63) is 48.0 Å². The number of aryl methyl sites for hydroxylation is 1. The smallest absolute Gasteiger partial charge is 0.224 e. The summed E-state index contributed by atoms with van der Waals surface area (Å²) in [5.74, 6) is 0.891. The second kappa shape index (κ2) is 8.33. The lowest BCUT2D eigenvalue weighted by Gasteiger charge is -2.14. The predicted molar refractivity (Wildman–Crippen MR) is 90.0 cm³/mol. The maximum absolute atomic E-state index is 11.9. The summed E-state index contributed by atoms with van der Waals surface area (Å²) in [4.78, 5) is 16.2. The van der Waals surface area contributed by atoms with Crippen LogP contribution in [-0.4, -0.2) is 33.2 Å². The SMILES string of the molecule is CCC(CO)NC(=O)Cc1ccc(NCc2nccn2C)cc1. The van der Waals surface area contributed by atoms with Crippen LogP contribution in [0.2, 0.25) is 0 Å². The van der Waals surface area contributed by atoms with Gasteiger partial charge in [-0.05, 0) is 24.1 Å². The third-order valence-corrected chi connectivity index (χ3v) is 3.77. The van der Waals surface area contributed by atoms with E-state index in [1.807, 2.05) is 49.0 Å². The number of hydrogen-bond donors (Lipinski definition) is 3. The molecule has 1 aromatic carbocycles. The van der Waals surface area contributed by atoms with E-state index in [9.17, 15) is 4.79 Å². The molecular formula is C17H24N4O2. The zero-order valence-corrected chi connectivity index (χ0v) is 13.6. The van der Waals surface area contributed by atoms with Gasteiger partial charge < -0.3 is 20.3 Å². The second-order valence-corrected chi connectivity index (χ2v) is 5.54. The van der Waals surface area contributed by atoms with Gasteiger partial charge in [0, 0.05) is 25.1 Å². The van der Waals surface area contributed by atoms with Crippen LogP contribution in [0.25, 0.3) is 0 Å². The minimum absolute atomic E-state index is 0.0295. The van der Waals surface area contributed by atoms with E-state index >= 15 is 0 Å². The van der Waals surface area contributed by atoms with Crippen LogP contribution < -0.4 is 10.6 Å². The van der Waals surface area contributed by atoms with E-state index in [4.69, 9.17) is 5.11 Å². The van der Waals surface area contributed by atoms with Gasteiger partial charge in [0.2, 0.25) is 5.91 Å². The number of hydrogen-bond acceptors (Lipinski definition) is 4. The van der Waals surface area contributed by atoms with Gasteiger partial charge in [0.25, 0.3) is 0 Å². The molecule has 1 heterocycles. The third kappa shape index (κ3) is 5.10. The highest BCUT2D eigenvalue weighted by molar-refractivity contribution is 5.79. The number of carbonyl (C=O) groups excluding carboxylic acids is 1. The molecule has 1 aromatic heterocycles. The molecule has 0 saturated heterocycles. The molecular weight excluding hydrogens is 292 g/mol. The first-order valence-electron chi connectivity index (χ1n) is 7.81. The van der Waals surface area contributed by atoms with E-state index in [1.54, 1.807) is 6.20 Å². The van der Waals surface area contributed by atoms with Crippen LogP contribution in [0.5, 0.6) is 0 Å². The number of benzene rings is 1. The minimum Gasteiger partial charge on any atom is -0.394 e. The van der Waals surface area contributed by atoms with Gasteiger partial charge in [-0.15, -0.1) is 0 Å². The quantitative estimate of drug-likeness (QED) is 0.689. The number of aliphatic hydroxyl groups excluding tert-OH is 1. The molecule has 0 radical (unpaired) electrons. The molecule has 6 heteroatoms. The molecule has 0 aliphatic heterocycles. The first kappa shape index (κ1) is 17.0. The average Bonchev–Trinajstić information content (AvgIpc) is 2.97. The molecule has 124 valence electrons. The number of carbonyl (C=O) groups is 1. The van der Waals surface area contributed by atoms with Gasteiger partial charge >= 0.3 is 0 Å². The molecule has 23 heavy (non-hydrogen) atoms. The van der Waals surface area contributed by atoms with E-state index in [0.29, 0.717) is 13.0 Å². The minimum atomic E-state index is -0.166. The van der Waals surface area contributed by atoms with Crippen molar-refractivity contribution < 1.29 is 9.90 Å². The molecule has 1 unspecified atom stereocenters. The van der Waals surface area contributed by atoms with Crippen LogP contribution in [0.3, 0.4) is 0 Å². The Morgan fingerprint density at radius 2 is 2.09 bits per heavy atom. The highest BCUT2D eigenvalue weighted by Gasteiger charge is 2.09. The summed E-state index contributed by atoms with van der Waals surface area (Å²) in [6, 6.07) is 7.60. The lowest BCUT2D eigenvalue weighted by molar-refractivity contribution is -0.121. The van der Waals surface area contributed by atoms with Crippen LogP contribution in [0.4, 0.5) is 5.69 Å². The number of aromatic nitrogens is 2. The Balaban J connectivity index is 1.84. The lowest BCUT2D eigenvalue weighted by Crippen LogP contribution is -2.37. The summed E-state index contributed by atoms with van der Waals surface area (Å²) >= 11 is 0. The van der Waals surface area contributed by atoms with Crippen molar-refractivity contribution >= 4 is 11.6 Å². The van der Waals surface area contributed by atoms with Crippen LogP contribution in [0.15, 0.2) is 36.7 Å². The van der Waals surface area contributed by atoms with E-state index in [1.165, 1.54) is 0 Å². The summed E-state index contributed by atoms with van der Waals surface area (Å²) < 4.78 is 1.97. The van der Waals surface area contributed by atoms with Crippen molar-refractivity contribution in [2.75, 3.05) is 11.9 Å². The zero-order valence-electron chi connectivity index (χ0n) is 13.6. The summed E-state index contributed by atoms with van der Waals surface area (Å²) in [6.45, 7) is 2.56. The molecule has 1 amide bonds. The Morgan fingerprint density at radius 1 is 1.35 bits per heavy atom. The van der Waals surface area contributed by atoms with Crippen molar-refractivity contribution in [1.29, 1.82) is 0 Å². The van der Waals surface area contributed by atoms with E-state index in [0.717, 1.165) is 23.5 Å². The monoisotopic (exact) mass is 316 g/mol. The van der Waals surface area contributed by atoms with Gasteiger partial charge in [-0.3, -0.25) is 4.79 Å². The van der Waals surface area contributed by atoms with Gasteiger partial charge in [-0.1, -0.05) is 19.1 Å². The topological polar surface area (TPSA) is 79.2 Å². The van der Waals surface area contributed by atoms with E-state index in [2.05, 4.69) is 15.6 Å². The van der Waals surface area contributed by atoms with Crippen LogP contribution in [-0.2, 0) is 24.8 Å². The van der Waals surface area contributed by atoms with Crippen molar-refractivity contribution in [2.24, 2.45) is 7.05 Å². The fraction of sp³-hybridized carbons (Fsp3) is 0.412. The molecule has 0 bridgehead atoms. The summed E-state index contributed by atoms with van der Waals surface area (Å²) in [6.07, 6.45) is 4.72. The highest BCUT2D eigenvalue weighted by atomic mass is 16.3. The largest absolute Gasteiger partial charge is 0.394 e. The Labute approximate surface area is 136 Å². The lowest BCUT2D eigenvalue weighted by atomic mass is 10.1. The van der Waals surface area contributed by atoms with Crippen LogP contribution in [0.1, 0.15) is 24.7 Å². The van der Waals surface area contributed by atoms with Crippen molar-refractivity contribution in [1.82, 2.24) is 14.9 Å². The second-order valence-electron chi connectivity index (χ2n) is 5.54. The third-order valence-electron chi connectivity index (χ3n) is 3.77. The number of amides is 1. The Bertz CT molecular complexity index is 618. The van der Waals surface area contributed by atoms with Crippen molar-refractivity contribution in [3.8, 4) is 0 Å². The number of nitrogens with zero attached hydrogens (tertiary/aromatic N) is 2. The number of nitrogens with one attached hydrogen (secondary N) is 2. The fourth-order valence-corrected chi connectivity index (χ4v) is 2.23. The van der Waals surface area contributed by atoms with Crippen molar-refractivity contribution in [2.45, 2.75) is 32.4 Å². The van der Waals surface area contributed by atoms with Gasteiger partial charge in [0.1, 0.15) is 5.82 Å². The van der Waals surface area contributed by atoms with Gasteiger partial charge in [0.05, 0.1) is 25.6 Å². The van der Waals surface area contributed by atoms with Crippen LogP contribution in [0, 0.1) is 0 Å². The maximum atomic E-state index is 11.9. The molecule has 2 rings (SSSR count). The number of aliphatic hydroxyl groups is 1. The van der Waals surface area contributed by atoms with Crippen molar-refractivity contribution in [3.63, 3.8) is 0 Å². The number of imidazole rings is 1. The molecule has 0 fully saturated rings.